The summed E-state index contributed by atoms with van der Waals surface area (Å²) >= 11 is 3.20. The zero-order chi connectivity index (χ0) is 18.2. The molecule has 1 N–H and O–H groups in total. The molecular formula is C19H17BrFNO3. The second-order valence-electron chi connectivity index (χ2n) is 4.96. The molecule has 25 heavy (non-hydrogen) atoms. The number of carbonyl (C=O) groups is 1. The Labute approximate surface area is 154 Å². The third kappa shape index (κ3) is 5.46. The lowest BCUT2D eigenvalue weighted by atomic mass is 10.2. The number of benzene rings is 2. The maximum atomic E-state index is 13.1. The summed E-state index contributed by atoms with van der Waals surface area (Å²) in [4.78, 5) is 12.0. The van der Waals surface area contributed by atoms with Crippen LogP contribution < -0.4 is 14.8 Å². The Bertz CT molecular complexity index is 805. The van der Waals surface area contributed by atoms with Crippen molar-refractivity contribution in [2.24, 2.45) is 0 Å². The molecule has 4 nitrogen and oxygen atoms in total. The minimum absolute atomic E-state index is 0.335. The highest BCUT2D eigenvalue weighted by atomic mass is 79.9. The van der Waals surface area contributed by atoms with Crippen LogP contribution in [0.15, 0.2) is 59.6 Å². The third-order valence-electron chi connectivity index (χ3n) is 3.16. The number of carbonyl (C=O) groups excluding carboxylic acids is 1. The predicted octanol–water partition coefficient (Wildman–Crippen LogP) is 4.81. The van der Waals surface area contributed by atoms with Crippen molar-refractivity contribution in [1.29, 1.82) is 0 Å². The Morgan fingerprint density at radius 2 is 2.08 bits per heavy atom. The van der Waals surface area contributed by atoms with Gasteiger partial charge in [-0.1, -0.05) is 18.7 Å². The number of anilines is 1. The molecule has 0 fully saturated rings. The summed E-state index contributed by atoms with van der Waals surface area (Å²) in [6.07, 6.45) is 4.67. The predicted molar refractivity (Wildman–Crippen MR) is 100 cm³/mol. The van der Waals surface area contributed by atoms with Gasteiger partial charge in [-0.3, -0.25) is 4.79 Å². The Morgan fingerprint density at radius 3 is 2.76 bits per heavy atom. The number of hydrogen-bond acceptors (Lipinski definition) is 3. The summed E-state index contributed by atoms with van der Waals surface area (Å²) in [7, 11) is 1.54. The van der Waals surface area contributed by atoms with Crippen molar-refractivity contribution in [2.45, 2.75) is 0 Å². The first kappa shape index (κ1) is 18.7. The van der Waals surface area contributed by atoms with E-state index in [0.29, 0.717) is 28.3 Å². The van der Waals surface area contributed by atoms with Crippen molar-refractivity contribution in [2.75, 3.05) is 19.0 Å². The average Bonchev–Trinajstić information content (AvgIpc) is 2.60. The lowest BCUT2D eigenvalue weighted by Gasteiger charge is -2.09. The smallest absolute Gasteiger partial charge is 0.248 e. The summed E-state index contributed by atoms with van der Waals surface area (Å²) in [6, 6.07) is 9.37. The quantitative estimate of drug-likeness (QED) is 0.530. The van der Waals surface area contributed by atoms with Gasteiger partial charge in [0.15, 0.2) is 11.5 Å². The van der Waals surface area contributed by atoms with Crippen LogP contribution in [-0.4, -0.2) is 19.6 Å². The van der Waals surface area contributed by atoms with E-state index in [1.165, 1.54) is 24.3 Å². The molecule has 0 saturated heterocycles. The molecule has 0 atom stereocenters. The van der Waals surface area contributed by atoms with Gasteiger partial charge < -0.3 is 14.8 Å². The Hall–Kier alpha value is -2.60. The number of rotatable bonds is 7. The summed E-state index contributed by atoms with van der Waals surface area (Å²) in [5.41, 5.74) is 1.26. The topological polar surface area (TPSA) is 47.6 Å². The van der Waals surface area contributed by atoms with Crippen LogP contribution in [0.4, 0.5) is 10.1 Å². The second-order valence-corrected chi connectivity index (χ2v) is 5.81. The molecule has 0 radical (unpaired) electrons. The first-order chi connectivity index (χ1) is 12.0. The van der Waals surface area contributed by atoms with Crippen LogP contribution in [0.3, 0.4) is 0 Å². The largest absolute Gasteiger partial charge is 0.493 e. The van der Waals surface area contributed by atoms with E-state index in [-0.39, 0.29) is 11.7 Å². The maximum absolute atomic E-state index is 13.1. The van der Waals surface area contributed by atoms with Crippen molar-refractivity contribution in [3.05, 3.63) is 71.0 Å². The molecule has 0 saturated carbocycles. The van der Waals surface area contributed by atoms with E-state index >= 15 is 0 Å². The normalized spacial score (nSPS) is 10.5. The van der Waals surface area contributed by atoms with E-state index in [1.807, 2.05) is 0 Å². The molecule has 130 valence electrons. The number of nitrogens with one attached hydrogen (secondary N) is 1. The van der Waals surface area contributed by atoms with Gasteiger partial charge in [-0.05, 0) is 57.9 Å². The monoisotopic (exact) mass is 405 g/mol. The summed E-state index contributed by atoms with van der Waals surface area (Å²) in [6.45, 7) is 3.97. The molecule has 0 aliphatic carbocycles. The number of methoxy groups -OCH3 is 1. The van der Waals surface area contributed by atoms with Gasteiger partial charge in [0, 0.05) is 10.5 Å². The highest BCUT2D eigenvalue weighted by molar-refractivity contribution is 9.10. The molecular weight excluding hydrogens is 389 g/mol. The van der Waals surface area contributed by atoms with Crippen molar-refractivity contribution in [3.8, 4) is 11.5 Å². The second kappa shape index (κ2) is 9.03. The first-order valence-corrected chi connectivity index (χ1v) is 8.18. The lowest BCUT2D eigenvalue weighted by Crippen LogP contribution is -2.08. The molecule has 0 aromatic heterocycles. The van der Waals surface area contributed by atoms with Crippen molar-refractivity contribution < 1.29 is 18.7 Å². The molecule has 0 aliphatic heterocycles. The number of amides is 1. The molecule has 0 aliphatic rings. The summed E-state index contributed by atoms with van der Waals surface area (Å²) < 4.78 is 24.3. The van der Waals surface area contributed by atoms with Crippen LogP contribution in [-0.2, 0) is 4.79 Å². The molecule has 0 heterocycles. The lowest BCUT2D eigenvalue weighted by molar-refractivity contribution is -0.111. The Kier molecular flexibility index (Phi) is 6.77. The van der Waals surface area contributed by atoms with E-state index in [4.69, 9.17) is 9.47 Å². The Balaban J connectivity index is 2.07. The first-order valence-electron chi connectivity index (χ1n) is 7.39. The Morgan fingerprint density at radius 1 is 1.28 bits per heavy atom. The van der Waals surface area contributed by atoms with Gasteiger partial charge in [-0.25, -0.2) is 4.39 Å². The average molecular weight is 406 g/mol. The maximum Gasteiger partial charge on any atom is 0.248 e. The van der Waals surface area contributed by atoms with Crippen LogP contribution >= 0.6 is 15.9 Å². The van der Waals surface area contributed by atoms with Crippen molar-refractivity contribution in [3.63, 3.8) is 0 Å². The number of hydrogen-bond donors (Lipinski definition) is 1. The number of halogens is 2. The molecule has 6 heteroatoms. The van der Waals surface area contributed by atoms with E-state index in [9.17, 15) is 9.18 Å². The third-order valence-corrected chi connectivity index (χ3v) is 3.82. The molecule has 0 unspecified atom stereocenters. The van der Waals surface area contributed by atoms with E-state index in [1.54, 1.807) is 37.5 Å². The molecule has 2 aromatic rings. The fourth-order valence-electron chi connectivity index (χ4n) is 1.99. The van der Waals surface area contributed by atoms with Crippen molar-refractivity contribution in [1.82, 2.24) is 0 Å². The molecule has 2 rings (SSSR count). The summed E-state index contributed by atoms with van der Waals surface area (Å²) in [5, 5.41) is 2.67. The van der Waals surface area contributed by atoms with Crippen molar-refractivity contribution >= 4 is 33.6 Å². The van der Waals surface area contributed by atoms with Crippen LogP contribution in [0.2, 0.25) is 0 Å². The minimum Gasteiger partial charge on any atom is -0.493 e. The van der Waals surface area contributed by atoms with Crippen LogP contribution in [0.1, 0.15) is 5.56 Å². The van der Waals surface area contributed by atoms with Gasteiger partial charge in [-0.15, -0.1) is 0 Å². The van der Waals surface area contributed by atoms with Gasteiger partial charge in [0.2, 0.25) is 5.91 Å². The molecule has 1 amide bonds. The molecule has 2 aromatic carbocycles. The van der Waals surface area contributed by atoms with Gasteiger partial charge in [0.25, 0.3) is 0 Å². The van der Waals surface area contributed by atoms with E-state index in [0.717, 1.165) is 5.56 Å². The zero-order valence-corrected chi connectivity index (χ0v) is 15.2. The fourth-order valence-corrected chi connectivity index (χ4v) is 2.44. The standard InChI is InChI=1S/C19H17BrFNO3/c1-3-10-25-17-8-4-13(11-18(17)24-2)5-9-19(23)22-16-7-6-14(21)12-15(16)20/h3-9,11-12H,1,10H2,2H3,(H,22,23)/b9-5+. The highest BCUT2D eigenvalue weighted by Crippen LogP contribution is 2.28. The minimum atomic E-state index is -0.383. The van der Waals surface area contributed by atoms with E-state index < -0.39 is 0 Å². The van der Waals surface area contributed by atoms with Crippen LogP contribution in [0, 0.1) is 5.82 Å². The van der Waals surface area contributed by atoms with Crippen LogP contribution in [0.25, 0.3) is 6.08 Å². The number of ether oxygens (including phenoxy) is 2. The zero-order valence-electron chi connectivity index (χ0n) is 13.6. The SMILES string of the molecule is C=CCOc1ccc(/C=C/C(=O)Nc2ccc(F)cc2Br)cc1OC. The van der Waals surface area contributed by atoms with E-state index in [2.05, 4.69) is 27.8 Å². The van der Waals surface area contributed by atoms with Gasteiger partial charge in [-0.2, -0.15) is 0 Å². The van der Waals surface area contributed by atoms with Crippen LogP contribution in [0.5, 0.6) is 11.5 Å². The van der Waals surface area contributed by atoms with Gasteiger partial charge >= 0.3 is 0 Å². The summed E-state index contributed by atoms with van der Waals surface area (Å²) in [5.74, 6) is 0.439. The molecule has 0 spiro atoms. The van der Waals surface area contributed by atoms with Gasteiger partial charge in [0.05, 0.1) is 12.8 Å². The highest BCUT2D eigenvalue weighted by Gasteiger charge is 2.06. The van der Waals surface area contributed by atoms with Gasteiger partial charge in [0.1, 0.15) is 12.4 Å². The fraction of sp³-hybridized carbons (Fsp3) is 0.105. The molecule has 0 bridgehead atoms.